The Morgan fingerprint density at radius 1 is 0.774 bits per heavy atom. The lowest BCUT2D eigenvalue weighted by atomic mass is 9.73. The van der Waals surface area contributed by atoms with Gasteiger partial charge in [-0.05, 0) is 5.56 Å². The van der Waals surface area contributed by atoms with Crippen molar-refractivity contribution < 1.29 is 14.3 Å². The lowest BCUT2D eigenvalue weighted by Crippen LogP contribution is -2.40. The van der Waals surface area contributed by atoms with Gasteiger partial charge in [0.2, 0.25) is 0 Å². The van der Waals surface area contributed by atoms with Crippen LogP contribution in [0.5, 0.6) is 0 Å². The molecular formula is C28H26O3. The van der Waals surface area contributed by atoms with Gasteiger partial charge >= 0.3 is 0 Å². The SMILES string of the molecule is O=C(C[C@@H]1COC[C@H](/C=C/c2ccccc2)[C@H]1C(=O)c1ccccc1)c1ccccc1. The van der Waals surface area contributed by atoms with E-state index in [1.54, 1.807) is 0 Å². The fourth-order valence-electron chi connectivity index (χ4n) is 4.26. The van der Waals surface area contributed by atoms with Gasteiger partial charge in [-0.25, -0.2) is 0 Å². The first-order valence-corrected chi connectivity index (χ1v) is 10.7. The summed E-state index contributed by atoms with van der Waals surface area (Å²) in [6.07, 6.45) is 4.41. The minimum absolute atomic E-state index is 0.0488. The Morgan fingerprint density at radius 3 is 2.00 bits per heavy atom. The lowest BCUT2D eigenvalue weighted by molar-refractivity contribution is -0.00715. The number of hydrogen-bond acceptors (Lipinski definition) is 3. The Kier molecular flexibility index (Phi) is 6.85. The predicted molar refractivity (Wildman–Crippen MR) is 123 cm³/mol. The zero-order valence-electron chi connectivity index (χ0n) is 17.4. The normalized spacial score (nSPS) is 21.1. The number of benzene rings is 3. The highest BCUT2D eigenvalue weighted by atomic mass is 16.5. The van der Waals surface area contributed by atoms with Gasteiger partial charge in [-0.2, -0.15) is 0 Å². The van der Waals surface area contributed by atoms with E-state index in [0.29, 0.717) is 30.8 Å². The summed E-state index contributed by atoms with van der Waals surface area (Å²) in [5, 5.41) is 0. The quantitative estimate of drug-likeness (QED) is 0.467. The van der Waals surface area contributed by atoms with E-state index >= 15 is 0 Å². The van der Waals surface area contributed by atoms with Crippen molar-refractivity contribution in [3.8, 4) is 0 Å². The van der Waals surface area contributed by atoms with Crippen LogP contribution in [0.3, 0.4) is 0 Å². The topological polar surface area (TPSA) is 43.4 Å². The third-order valence-corrected chi connectivity index (χ3v) is 5.85. The van der Waals surface area contributed by atoms with Gasteiger partial charge in [0.05, 0.1) is 13.2 Å². The minimum Gasteiger partial charge on any atom is -0.380 e. The van der Waals surface area contributed by atoms with Gasteiger partial charge in [0.15, 0.2) is 11.6 Å². The van der Waals surface area contributed by atoms with Crippen molar-refractivity contribution in [3.63, 3.8) is 0 Å². The number of Topliss-reactive ketones (excluding diaryl/α,β-unsaturated/α-hetero) is 2. The average molecular weight is 411 g/mol. The molecule has 1 aliphatic rings. The van der Waals surface area contributed by atoms with E-state index in [9.17, 15) is 9.59 Å². The van der Waals surface area contributed by atoms with Crippen molar-refractivity contribution in [1.29, 1.82) is 0 Å². The molecule has 3 heteroatoms. The highest BCUT2D eigenvalue weighted by Gasteiger charge is 2.39. The van der Waals surface area contributed by atoms with Gasteiger partial charge in [0.25, 0.3) is 0 Å². The van der Waals surface area contributed by atoms with Crippen LogP contribution in [0.15, 0.2) is 97.1 Å². The van der Waals surface area contributed by atoms with Crippen molar-refractivity contribution in [3.05, 3.63) is 114 Å². The van der Waals surface area contributed by atoms with Crippen LogP contribution in [0.4, 0.5) is 0 Å². The zero-order chi connectivity index (χ0) is 21.5. The average Bonchev–Trinajstić information content (AvgIpc) is 2.84. The maximum atomic E-state index is 13.5. The van der Waals surface area contributed by atoms with Crippen LogP contribution in [0.2, 0.25) is 0 Å². The number of ether oxygens (including phenoxy) is 1. The predicted octanol–water partition coefficient (Wildman–Crippen LogP) is 5.73. The molecule has 0 aliphatic carbocycles. The maximum absolute atomic E-state index is 13.5. The van der Waals surface area contributed by atoms with Crippen LogP contribution in [0.25, 0.3) is 6.08 Å². The second-order valence-electron chi connectivity index (χ2n) is 7.98. The first-order valence-electron chi connectivity index (χ1n) is 10.7. The third kappa shape index (κ3) is 5.25. The summed E-state index contributed by atoms with van der Waals surface area (Å²) in [5.41, 5.74) is 2.44. The summed E-state index contributed by atoms with van der Waals surface area (Å²) in [6.45, 7) is 0.889. The Morgan fingerprint density at radius 2 is 1.35 bits per heavy atom. The summed E-state index contributed by atoms with van der Waals surface area (Å²) in [4.78, 5) is 26.5. The molecule has 3 aromatic rings. The monoisotopic (exact) mass is 410 g/mol. The van der Waals surface area contributed by atoms with Crippen LogP contribution >= 0.6 is 0 Å². The standard InChI is InChI=1S/C28H26O3/c29-26(22-12-6-2-7-13-22)18-25-20-31-19-24(17-16-21-10-4-1-5-11-21)27(25)28(30)23-14-8-3-9-15-23/h1-17,24-25,27H,18-20H2/b17-16+/t24-,25+,27+/m0/s1. The van der Waals surface area contributed by atoms with Gasteiger partial charge in [-0.15, -0.1) is 0 Å². The first kappa shape index (κ1) is 21.0. The fourth-order valence-corrected chi connectivity index (χ4v) is 4.26. The van der Waals surface area contributed by atoms with E-state index in [2.05, 4.69) is 6.08 Å². The largest absolute Gasteiger partial charge is 0.380 e. The second kappa shape index (κ2) is 10.1. The molecule has 3 nitrogen and oxygen atoms in total. The van der Waals surface area contributed by atoms with Gasteiger partial charge in [-0.3, -0.25) is 9.59 Å². The molecule has 3 atom stereocenters. The van der Waals surface area contributed by atoms with Crippen LogP contribution < -0.4 is 0 Å². The first-order chi connectivity index (χ1) is 15.2. The molecule has 0 saturated carbocycles. The molecule has 0 bridgehead atoms. The number of carbonyl (C=O) groups is 2. The summed E-state index contributed by atoms with van der Waals surface area (Å²) in [5.74, 6) is -0.427. The lowest BCUT2D eigenvalue weighted by Gasteiger charge is -2.36. The molecule has 1 aliphatic heterocycles. The molecule has 1 heterocycles. The van der Waals surface area contributed by atoms with Gasteiger partial charge < -0.3 is 4.74 Å². The van der Waals surface area contributed by atoms with Crippen molar-refractivity contribution >= 4 is 17.6 Å². The maximum Gasteiger partial charge on any atom is 0.166 e. The number of ketones is 2. The molecule has 1 saturated heterocycles. The molecule has 0 radical (unpaired) electrons. The fraction of sp³-hybridized carbons (Fsp3) is 0.214. The minimum atomic E-state index is -0.302. The van der Waals surface area contributed by atoms with Crippen molar-refractivity contribution in [2.75, 3.05) is 13.2 Å². The highest BCUT2D eigenvalue weighted by Crippen LogP contribution is 2.34. The summed E-state index contributed by atoms with van der Waals surface area (Å²) in [6, 6.07) is 28.7. The molecule has 0 unspecified atom stereocenters. The van der Waals surface area contributed by atoms with E-state index < -0.39 is 0 Å². The molecule has 31 heavy (non-hydrogen) atoms. The molecule has 0 aromatic heterocycles. The Bertz CT molecular complexity index is 1030. The number of rotatable bonds is 7. The smallest absolute Gasteiger partial charge is 0.166 e. The van der Waals surface area contributed by atoms with Gasteiger partial charge in [0.1, 0.15) is 0 Å². The molecule has 0 spiro atoms. The van der Waals surface area contributed by atoms with Crippen LogP contribution in [-0.4, -0.2) is 24.8 Å². The van der Waals surface area contributed by atoms with E-state index in [1.807, 2.05) is 97.1 Å². The second-order valence-corrected chi connectivity index (χ2v) is 7.98. The Balaban J connectivity index is 1.61. The Hall–Kier alpha value is -3.30. The van der Waals surface area contributed by atoms with Crippen molar-refractivity contribution in [2.45, 2.75) is 6.42 Å². The summed E-state index contributed by atoms with van der Waals surface area (Å²) < 4.78 is 5.88. The molecule has 1 fully saturated rings. The van der Waals surface area contributed by atoms with E-state index in [0.717, 1.165) is 5.56 Å². The van der Waals surface area contributed by atoms with Crippen molar-refractivity contribution in [2.24, 2.45) is 17.8 Å². The zero-order valence-corrected chi connectivity index (χ0v) is 17.4. The molecule has 156 valence electrons. The molecule has 4 rings (SSSR count). The summed E-state index contributed by atoms with van der Waals surface area (Å²) >= 11 is 0. The van der Waals surface area contributed by atoms with Gasteiger partial charge in [-0.1, -0.05) is 103 Å². The number of hydrogen-bond donors (Lipinski definition) is 0. The molecular weight excluding hydrogens is 384 g/mol. The van der Waals surface area contributed by atoms with Crippen LogP contribution in [-0.2, 0) is 4.74 Å². The van der Waals surface area contributed by atoms with Crippen LogP contribution in [0, 0.1) is 17.8 Å². The van der Waals surface area contributed by atoms with E-state index in [1.165, 1.54) is 0 Å². The highest BCUT2D eigenvalue weighted by molar-refractivity contribution is 6.00. The summed E-state index contributed by atoms with van der Waals surface area (Å²) in [7, 11) is 0. The van der Waals surface area contributed by atoms with Crippen LogP contribution in [0.1, 0.15) is 32.7 Å². The van der Waals surface area contributed by atoms with Crippen molar-refractivity contribution in [1.82, 2.24) is 0 Å². The Labute approximate surface area is 183 Å². The van der Waals surface area contributed by atoms with E-state index in [4.69, 9.17) is 4.74 Å². The molecule has 0 amide bonds. The molecule has 0 N–H and O–H groups in total. The van der Waals surface area contributed by atoms with Gasteiger partial charge in [0, 0.05) is 35.3 Å². The van der Waals surface area contributed by atoms with E-state index in [-0.39, 0.29) is 29.3 Å². The molecule has 3 aromatic carbocycles. The third-order valence-electron chi connectivity index (χ3n) is 5.85. The number of carbonyl (C=O) groups excluding carboxylic acids is 2.